The summed E-state index contributed by atoms with van der Waals surface area (Å²) < 4.78 is 14.8. The molecule has 2 atom stereocenters. The van der Waals surface area contributed by atoms with Gasteiger partial charge in [-0.3, -0.25) is 14.4 Å². The Labute approximate surface area is 124 Å². The van der Waals surface area contributed by atoms with E-state index in [1.165, 1.54) is 0 Å². The van der Waals surface area contributed by atoms with E-state index in [4.69, 9.17) is 14.2 Å². The van der Waals surface area contributed by atoms with Crippen molar-refractivity contribution in [2.24, 2.45) is 5.92 Å². The van der Waals surface area contributed by atoms with Crippen molar-refractivity contribution in [2.45, 2.75) is 45.7 Å². The molecule has 0 spiro atoms. The Morgan fingerprint density at radius 2 is 1.48 bits per heavy atom. The van der Waals surface area contributed by atoms with Gasteiger partial charge in [0.05, 0.1) is 19.8 Å². The summed E-state index contributed by atoms with van der Waals surface area (Å²) in [5, 5.41) is 2.98. The summed E-state index contributed by atoms with van der Waals surface area (Å²) in [5.74, 6) is -2.67. The van der Waals surface area contributed by atoms with Crippen molar-refractivity contribution in [1.29, 1.82) is 0 Å². The lowest BCUT2D eigenvalue weighted by Gasteiger charge is -2.21. The molecule has 1 aliphatic rings. The number of nitrogens with one attached hydrogen (secondary N) is 1. The molecule has 1 N–H and O–H groups in total. The molecule has 0 aromatic carbocycles. The molecule has 0 aromatic rings. The second kappa shape index (κ2) is 8.61. The molecule has 0 saturated carbocycles. The average Bonchev–Trinajstić information content (AvgIpc) is 2.89. The van der Waals surface area contributed by atoms with Gasteiger partial charge in [-0.15, -0.1) is 0 Å². The van der Waals surface area contributed by atoms with Gasteiger partial charge in [0.25, 0.3) is 0 Å². The normalized spacial score (nSPS) is 21.1. The van der Waals surface area contributed by atoms with Crippen LogP contribution in [0.2, 0.25) is 0 Å². The van der Waals surface area contributed by atoms with Crippen LogP contribution in [0.25, 0.3) is 0 Å². The first-order valence-electron chi connectivity index (χ1n) is 7.31. The molecule has 1 saturated heterocycles. The Balaban J connectivity index is 2.74. The minimum Gasteiger partial charge on any atom is -0.465 e. The summed E-state index contributed by atoms with van der Waals surface area (Å²) in [5.41, 5.74) is 0. The van der Waals surface area contributed by atoms with Crippen LogP contribution < -0.4 is 5.32 Å². The highest BCUT2D eigenvalue weighted by atomic mass is 16.6. The summed E-state index contributed by atoms with van der Waals surface area (Å²) in [7, 11) is 0. The fourth-order valence-corrected chi connectivity index (χ4v) is 2.35. The van der Waals surface area contributed by atoms with Gasteiger partial charge < -0.3 is 19.5 Å². The van der Waals surface area contributed by atoms with Crippen LogP contribution >= 0.6 is 0 Å². The first-order valence-corrected chi connectivity index (χ1v) is 7.31. The third kappa shape index (κ3) is 4.70. The maximum atomic E-state index is 12.0. The highest BCUT2D eigenvalue weighted by Crippen LogP contribution is 2.22. The monoisotopic (exact) mass is 301 g/mol. The quantitative estimate of drug-likeness (QED) is 0.414. The van der Waals surface area contributed by atoms with Crippen molar-refractivity contribution in [1.82, 2.24) is 5.32 Å². The standard InChI is InChI=1S/C14H23NO6/c1-4-19-12(16)10-8-7-9(15-10)11(13(17)20-5-2)14(18)21-6-3/h9-11,15H,4-8H2,1-3H3/t9?,10-/m0/s1. The predicted octanol–water partition coefficient (Wildman–Crippen LogP) is 0.413. The van der Waals surface area contributed by atoms with Crippen LogP contribution in [0.5, 0.6) is 0 Å². The Hall–Kier alpha value is -1.63. The van der Waals surface area contributed by atoms with E-state index in [1.807, 2.05) is 0 Å². The Morgan fingerprint density at radius 1 is 0.952 bits per heavy atom. The second-order valence-corrected chi connectivity index (χ2v) is 4.64. The zero-order chi connectivity index (χ0) is 15.8. The molecule has 120 valence electrons. The van der Waals surface area contributed by atoms with Gasteiger partial charge in [-0.25, -0.2) is 0 Å². The first-order chi connectivity index (χ1) is 10.0. The summed E-state index contributed by atoms with van der Waals surface area (Å²) in [6.45, 7) is 5.73. The summed E-state index contributed by atoms with van der Waals surface area (Å²) >= 11 is 0. The van der Waals surface area contributed by atoms with Crippen LogP contribution in [-0.4, -0.2) is 49.8 Å². The van der Waals surface area contributed by atoms with Gasteiger partial charge in [0.1, 0.15) is 6.04 Å². The van der Waals surface area contributed by atoms with Gasteiger partial charge in [0.15, 0.2) is 5.92 Å². The summed E-state index contributed by atoms with van der Waals surface area (Å²) in [4.78, 5) is 35.6. The lowest BCUT2D eigenvalue weighted by Crippen LogP contribution is -2.46. The number of ether oxygens (including phenoxy) is 3. The minimum absolute atomic E-state index is 0.183. The minimum atomic E-state index is -1.05. The lowest BCUT2D eigenvalue weighted by atomic mass is 9.98. The summed E-state index contributed by atoms with van der Waals surface area (Å²) in [6.07, 6.45) is 1.02. The molecule has 7 nitrogen and oxygen atoms in total. The van der Waals surface area contributed by atoms with E-state index in [-0.39, 0.29) is 19.2 Å². The van der Waals surface area contributed by atoms with Gasteiger partial charge >= 0.3 is 17.9 Å². The fraction of sp³-hybridized carbons (Fsp3) is 0.786. The number of carbonyl (C=O) groups is 3. The maximum Gasteiger partial charge on any atom is 0.323 e. The molecule has 1 fully saturated rings. The van der Waals surface area contributed by atoms with Gasteiger partial charge in [0.2, 0.25) is 0 Å². The van der Waals surface area contributed by atoms with E-state index >= 15 is 0 Å². The Kier molecular flexibility index (Phi) is 7.14. The molecule has 1 heterocycles. The first kappa shape index (κ1) is 17.4. The smallest absolute Gasteiger partial charge is 0.323 e. The zero-order valence-electron chi connectivity index (χ0n) is 12.7. The molecule has 0 radical (unpaired) electrons. The molecule has 0 aromatic heterocycles. The highest BCUT2D eigenvalue weighted by molar-refractivity contribution is 5.96. The molecule has 21 heavy (non-hydrogen) atoms. The van der Waals surface area contributed by atoms with Gasteiger partial charge in [-0.05, 0) is 33.6 Å². The van der Waals surface area contributed by atoms with E-state index in [2.05, 4.69) is 5.32 Å². The second-order valence-electron chi connectivity index (χ2n) is 4.64. The van der Waals surface area contributed by atoms with E-state index in [0.29, 0.717) is 19.4 Å². The van der Waals surface area contributed by atoms with Crippen LogP contribution in [0.1, 0.15) is 33.6 Å². The molecular weight excluding hydrogens is 278 g/mol. The molecule has 0 amide bonds. The van der Waals surface area contributed by atoms with Crippen molar-refractivity contribution < 1.29 is 28.6 Å². The van der Waals surface area contributed by atoms with Crippen LogP contribution in [0.4, 0.5) is 0 Å². The molecular formula is C14H23NO6. The van der Waals surface area contributed by atoms with Crippen molar-refractivity contribution in [2.75, 3.05) is 19.8 Å². The van der Waals surface area contributed by atoms with Gasteiger partial charge in [-0.1, -0.05) is 0 Å². The Bertz CT molecular complexity index is 366. The van der Waals surface area contributed by atoms with Crippen molar-refractivity contribution in [3.8, 4) is 0 Å². The maximum absolute atomic E-state index is 12.0. The average molecular weight is 301 g/mol. The van der Waals surface area contributed by atoms with E-state index in [9.17, 15) is 14.4 Å². The fourth-order valence-electron chi connectivity index (χ4n) is 2.35. The zero-order valence-corrected chi connectivity index (χ0v) is 12.7. The number of hydrogen-bond acceptors (Lipinski definition) is 7. The highest BCUT2D eigenvalue weighted by Gasteiger charge is 2.43. The van der Waals surface area contributed by atoms with Crippen LogP contribution in [-0.2, 0) is 28.6 Å². The number of esters is 3. The summed E-state index contributed by atoms with van der Waals surface area (Å²) in [6, 6.07) is -0.973. The van der Waals surface area contributed by atoms with Crippen LogP contribution in [0, 0.1) is 5.92 Å². The molecule has 7 heteroatoms. The molecule has 0 aliphatic carbocycles. The molecule has 0 bridgehead atoms. The van der Waals surface area contributed by atoms with E-state index < -0.39 is 29.9 Å². The Morgan fingerprint density at radius 3 is 1.95 bits per heavy atom. The third-order valence-electron chi connectivity index (χ3n) is 3.24. The third-order valence-corrected chi connectivity index (χ3v) is 3.24. The topological polar surface area (TPSA) is 90.9 Å². The molecule has 1 rings (SSSR count). The van der Waals surface area contributed by atoms with Crippen molar-refractivity contribution >= 4 is 17.9 Å². The lowest BCUT2D eigenvalue weighted by molar-refractivity contribution is -0.163. The van der Waals surface area contributed by atoms with Crippen LogP contribution in [0.15, 0.2) is 0 Å². The van der Waals surface area contributed by atoms with E-state index in [0.717, 1.165) is 0 Å². The van der Waals surface area contributed by atoms with Crippen molar-refractivity contribution in [3.05, 3.63) is 0 Å². The van der Waals surface area contributed by atoms with Gasteiger partial charge in [0, 0.05) is 6.04 Å². The largest absolute Gasteiger partial charge is 0.465 e. The van der Waals surface area contributed by atoms with E-state index in [1.54, 1.807) is 20.8 Å². The van der Waals surface area contributed by atoms with Crippen LogP contribution in [0.3, 0.4) is 0 Å². The number of hydrogen-bond donors (Lipinski definition) is 1. The number of carbonyl (C=O) groups excluding carboxylic acids is 3. The number of rotatable bonds is 7. The predicted molar refractivity (Wildman–Crippen MR) is 73.3 cm³/mol. The molecule has 1 unspecified atom stereocenters. The SMILES string of the molecule is CCOC(=O)C(C(=O)OCC)C1CC[C@@H](C(=O)OCC)N1. The van der Waals surface area contributed by atoms with Gasteiger partial charge in [-0.2, -0.15) is 0 Å². The molecule has 1 aliphatic heterocycles. The van der Waals surface area contributed by atoms with Crippen molar-refractivity contribution in [3.63, 3.8) is 0 Å².